The Morgan fingerprint density at radius 3 is 2.70 bits per heavy atom. The first kappa shape index (κ1) is 15.6. The summed E-state index contributed by atoms with van der Waals surface area (Å²) in [7, 11) is 0. The largest absolute Gasteiger partial charge is 0.326 e. The van der Waals surface area contributed by atoms with Crippen LogP contribution in [-0.4, -0.2) is 12.6 Å². The van der Waals surface area contributed by atoms with Crippen molar-refractivity contribution in [3.63, 3.8) is 0 Å². The number of carbonyl (C=O) groups excluding carboxylic acids is 1. The molecule has 120 valence electrons. The second-order valence-electron chi connectivity index (χ2n) is 6.51. The maximum atomic E-state index is 12.9. The third-order valence-corrected chi connectivity index (χ3v) is 4.51. The second kappa shape index (κ2) is 6.45. The van der Waals surface area contributed by atoms with Crippen LogP contribution in [0.15, 0.2) is 42.5 Å². The van der Waals surface area contributed by atoms with Crippen LogP contribution in [0.1, 0.15) is 42.9 Å². The molecule has 3 nitrogen and oxygen atoms in total. The van der Waals surface area contributed by atoms with Crippen LogP contribution in [0.2, 0.25) is 0 Å². The van der Waals surface area contributed by atoms with Gasteiger partial charge in [-0.25, -0.2) is 4.79 Å². The van der Waals surface area contributed by atoms with Crippen LogP contribution in [0, 0.1) is 6.92 Å². The molecule has 0 unspecified atom stereocenters. The molecule has 0 aromatic heterocycles. The first-order valence-electron chi connectivity index (χ1n) is 8.34. The Kier molecular flexibility index (Phi) is 4.37. The van der Waals surface area contributed by atoms with E-state index in [0.717, 1.165) is 36.3 Å². The molecule has 2 amide bonds. The van der Waals surface area contributed by atoms with E-state index in [1.165, 1.54) is 11.1 Å². The molecular formula is C20H24N2O. The number of para-hydroxylation sites is 2. The van der Waals surface area contributed by atoms with Crippen molar-refractivity contribution in [2.75, 3.05) is 16.8 Å². The minimum atomic E-state index is -0.0339. The molecule has 3 heteroatoms. The van der Waals surface area contributed by atoms with Crippen LogP contribution < -0.4 is 10.2 Å². The average Bonchev–Trinajstić information content (AvgIpc) is 2.55. The van der Waals surface area contributed by atoms with Gasteiger partial charge in [0.2, 0.25) is 0 Å². The molecule has 0 radical (unpaired) electrons. The van der Waals surface area contributed by atoms with Crippen molar-refractivity contribution < 1.29 is 4.79 Å². The van der Waals surface area contributed by atoms with Crippen molar-refractivity contribution in [3.8, 4) is 0 Å². The van der Waals surface area contributed by atoms with E-state index in [1.54, 1.807) is 0 Å². The fourth-order valence-corrected chi connectivity index (χ4v) is 3.26. The van der Waals surface area contributed by atoms with E-state index in [4.69, 9.17) is 0 Å². The van der Waals surface area contributed by atoms with E-state index in [9.17, 15) is 4.79 Å². The number of hydrogen-bond acceptors (Lipinski definition) is 1. The third kappa shape index (κ3) is 3.09. The lowest BCUT2D eigenvalue weighted by Crippen LogP contribution is -2.39. The zero-order valence-electron chi connectivity index (χ0n) is 14.1. The number of fused-ring (bicyclic) bond motifs is 1. The second-order valence-corrected chi connectivity index (χ2v) is 6.51. The Morgan fingerprint density at radius 2 is 1.91 bits per heavy atom. The zero-order chi connectivity index (χ0) is 16.4. The average molecular weight is 308 g/mol. The predicted octanol–water partition coefficient (Wildman–Crippen LogP) is 5.10. The highest BCUT2D eigenvalue weighted by Gasteiger charge is 2.23. The Balaban J connectivity index is 1.90. The normalized spacial score (nSPS) is 13.8. The summed E-state index contributed by atoms with van der Waals surface area (Å²) in [5, 5.41) is 3.16. The number of aryl methyl sites for hydroxylation is 2. The Bertz CT molecular complexity index is 721. The fourth-order valence-electron chi connectivity index (χ4n) is 3.26. The van der Waals surface area contributed by atoms with E-state index in [-0.39, 0.29) is 6.03 Å². The van der Waals surface area contributed by atoms with Crippen LogP contribution in [0.3, 0.4) is 0 Å². The molecular weight excluding hydrogens is 284 g/mol. The molecule has 3 rings (SSSR count). The maximum Gasteiger partial charge on any atom is 0.326 e. The number of nitrogens with zero attached hydrogens (tertiary/aromatic N) is 1. The summed E-state index contributed by atoms with van der Waals surface area (Å²) in [6.45, 7) is 7.12. The molecule has 0 fully saturated rings. The van der Waals surface area contributed by atoms with Crippen LogP contribution >= 0.6 is 0 Å². The van der Waals surface area contributed by atoms with Gasteiger partial charge in [-0.1, -0.05) is 50.2 Å². The molecule has 0 saturated carbocycles. The van der Waals surface area contributed by atoms with Gasteiger partial charge in [-0.3, -0.25) is 4.90 Å². The van der Waals surface area contributed by atoms with Crippen LogP contribution in [-0.2, 0) is 6.42 Å². The number of rotatable bonds is 2. The molecule has 0 saturated heterocycles. The molecule has 0 atom stereocenters. The summed E-state index contributed by atoms with van der Waals surface area (Å²) in [6, 6.07) is 14.3. The Morgan fingerprint density at radius 1 is 1.13 bits per heavy atom. The highest BCUT2D eigenvalue weighted by atomic mass is 16.2. The van der Waals surface area contributed by atoms with Gasteiger partial charge in [0.05, 0.1) is 0 Å². The summed E-state index contributed by atoms with van der Waals surface area (Å²) in [6.07, 6.45) is 2.05. The zero-order valence-corrected chi connectivity index (χ0v) is 14.1. The monoisotopic (exact) mass is 308 g/mol. The summed E-state index contributed by atoms with van der Waals surface area (Å²) in [5.41, 5.74) is 5.53. The van der Waals surface area contributed by atoms with Crippen molar-refractivity contribution in [2.24, 2.45) is 0 Å². The lowest BCUT2D eigenvalue weighted by atomic mass is 9.98. The third-order valence-electron chi connectivity index (χ3n) is 4.51. The molecule has 0 bridgehead atoms. The van der Waals surface area contributed by atoms with Gasteiger partial charge in [0.15, 0.2) is 0 Å². The molecule has 2 aromatic carbocycles. The van der Waals surface area contributed by atoms with Gasteiger partial charge in [0, 0.05) is 17.9 Å². The van der Waals surface area contributed by atoms with E-state index >= 15 is 0 Å². The lowest BCUT2D eigenvalue weighted by Gasteiger charge is -2.30. The number of amides is 2. The summed E-state index contributed by atoms with van der Waals surface area (Å²) < 4.78 is 0. The van der Waals surface area contributed by atoms with E-state index in [0.29, 0.717) is 5.92 Å². The van der Waals surface area contributed by atoms with Crippen LogP contribution in [0.5, 0.6) is 0 Å². The Labute approximate surface area is 138 Å². The van der Waals surface area contributed by atoms with E-state index in [1.807, 2.05) is 36.1 Å². The maximum absolute atomic E-state index is 12.9. The lowest BCUT2D eigenvalue weighted by molar-refractivity contribution is 0.256. The van der Waals surface area contributed by atoms with Crippen molar-refractivity contribution in [2.45, 2.75) is 39.5 Å². The van der Waals surface area contributed by atoms with Crippen molar-refractivity contribution >= 4 is 17.4 Å². The summed E-state index contributed by atoms with van der Waals surface area (Å²) in [5.74, 6) is 0.374. The van der Waals surface area contributed by atoms with Gasteiger partial charge in [0.1, 0.15) is 0 Å². The van der Waals surface area contributed by atoms with Gasteiger partial charge in [-0.2, -0.15) is 0 Å². The van der Waals surface area contributed by atoms with Gasteiger partial charge >= 0.3 is 6.03 Å². The number of carbonyl (C=O) groups is 1. The highest BCUT2D eigenvalue weighted by molar-refractivity contribution is 6.03. The first-order chi connectivity index (χ1) is 11.1. The molecule has 2 aromatic rings. The molecule has 0 aliphatic carbocycles. The molecule has 0 spiro atoms. The molecule has 1 aliphatic heterocycles. The quantitative estimate of drug-likeness (QED) is 0.822. The van der Waals surface area contributed by atoms with Crippen molar-refractivity contribution in [1.29, 1.82) is 0 Å². The smallest absolute Gasteiger partial charge is 0.307 e. The molecule has 1 N–H and O–H groups in total. The van der Waals surface area contributed by atoms with Crippen molar-refractivity contribution in [1.82, 2.24) is 0 Å². The number of hydrogen-bond donors (Lipinski definition) is 1. The standard InChI is InChI=1S/C20H24N2O/c1-14(2)17-11-6-8-15(3)19(17)21-20(23)22-13-7-10-16-9-4-5-12-18(16)22/h4-6,8-9,11-12,14H,7,10,13H2,1-3H3,(H,21,23). The van der Waals surface area contributed by atoms with Crippen LogP contribution in [0.25, 0.3) is 0 Å². The van der Waals surface area contributed by atoms with Crippen molar-refractivity contribution in [3.05, 3.63) is 59.2 Å². The van der Waals surface area contributed by atoms with E-state index in [2.05, 4.69) is 37.4 Å². The summed E-state index contributed by atoms with van der Waals surface area (Å²) >= 11 is 0. The molecule has 1 heterocycles. The number of benzene rings is 2. The number of nitrogens with one attached hydrogen (secondary N) is 1. The fraction of sp³-hybridized carbons (Fsp3) is 0.350. The predicted molar refractivity (Wildman–Crippen MR) is 96.4 cm³/mol. The van der Waals surface area contributed by atoms with Gasteiger partial charge in [-0.05, 0) is 48.4 Å². The summed E-state index contributed by atoms with van der Waals surface area (Å²) in [4.78, 5) is 14.7. The Hall–Kier alpha value is -2.29. The highest BCUT2D eigenvalue weighted by Crippen LogP contribution is 2.30. The topological polar surface area (TPSA) is 32.3 Å². The minimum absolute atomic E-state index is 0.0339. The first-order valence-corrected chi connectivity index (χ1v) is 8.34. The van der Waals surface area contributed by atoms with E-state index < -0.39 is 0 Å². The SMILES string of the molecule is Cc1cccc(C(C)C)c1NC(=O)N1CCCc2ccccc21. The number of anilines is 2. The van der Waals surface area contributed by atoms with Gasteiger partial charge in [0.25, 0.3) is 0 Å². The van der Waals surface area contributed by atoms with Gasteiger partial charge in [-0.15, -0.1) is 0 Å². The van der Waals surface area contributed by atoms with Crippen LogP contribution in [0.4, 0.5) is 16.2 Å². The molecule has 23 heavy (non-hydrogen) atoms. The minimum Gasteiger partial charge on any atom is -0.307 e. The molecule has 1 aliphatic rings. The number of urea groups is 1. The van der Waals surface area contributed by atoms with Gasteiger partial charge < -0.3 is 5.32 Å².